The largest absolute Gasteiger partial charge is 0.465 e. The second kappa shape index (κ2) is 10.5. The summed E-state index contributed by atoms with van der Waals surface area (Å²) in [6.07, 6.45) is 1.59. The minimum absolute atomic E-state index is 0.0789. The van der Waals surface area contributed by atoms with Gasteiger partial charge >= 0.3 is 5.97 Å². The number of hydrogen-bond donors (Lipinski definition) is 0. The topological polar surface area (TPSA) is 84.0 Å². The predicted octanol–water partition coefficient (Wildman–Crippen LogP) is 3.47. The van der Waals surface area contributed by atoms with Crippen molar-refractivity contribution in [3.63, 3.8) is 0 Å². The monoisotopic (exact) mass is 498 g/mol. The van der Waals surface area contributed by atoms with Crippen molar-refractivity contribution in [2.45, 2.75) is 17.1 Å². The van der Waals surface area contributed by atoms with Crippen LogP contribution in [-0.2, 0) is 27.6 Å². The number of amides is 1. The fraction of sp³-hybridized carbons (Fsp3) is 0.280. The fourth-order valence-corrected chi connectivity index (χ4v) is 6.70. The Hall–Kier alpha value is -3.01. The van der Waals surface area contributed by atoms with Gasteiger partial charge in [-0.05, 0) is 36.1 Å². The number of thiophene rings is 1. The zero-order chi connectivity index (χ0) is 24.1. The molecular formula is C25H26N2O5S2. The molecule has 4 rings (SSSR count). The highest BCUT2D eigenvalue weighted by Gasteiger charge is 2.32. The number of ether oxygens (including phenoxy) is 1. The third-order valence-corrected chi connectivity index (χ3v) is 9.20. The Morgan fingerprint density at radius 1 is 0.941 bits per heavy atom. The minimum atomic E-state index is -3.74. The molecule has 1 amide bonds. The third kappa shape index (κ3) is 5.22. The number of sulfonamides is 1. The number of aryl methyl sites for hydroxylation is 2. The number of benzene rings is 2. The van der Waals surface area contributed by atoms with E-state index in [1.54, 1.807) is 4.90 Å². The van der Waals surface area contributed by atoms with Crippen LogP contribution in [0.15, 0.2) is 70.3 Å². The van der Waals surface area contributed by atoms with Crippen LogP contribution in [-0.4, -0.2) is 62.8 Å². The van der Waals surface area contributed by atoms with Crippen LogP contribution in [0.5, 0.6) is 0 Å². The molecule has 1 aliphatic heterocycles. The molecule has 178 valence electrons. The van der Waals surface area contributed by atoms with Gasteiger partial charge in [-0.25, -0.2) is 13.2 Å². The van der Waals surface area contributed by atoms with Crippen LogP contribution in [0.1, 0.15) is 31.8 Å². The Labute approximate surface area is 203 Å². The standard InChI is InChI=1S/C25H26N2O5S2/c1-32-25(29)21-17-23(33-18-21)34(30,31)27-15-13-26(14-16-27)24(28)22-10-6-5-9-20(22)12-11-19-7-3-2-4-8-19/h2-10,17-18H,11-16H2,1H3. The van der Waals surface area contributed by atoms with Gasteiger partial charge in [0, 0.05) is 37.1 Å². The molecule has 9 heteroatoms. The van der Waals surface area contributed by atoms with Crippen molar-refractivity contribution in [3.05, 3.63) is 88.3 Å². The molecule has 1 aliphatic rings. The Bertz CT molecular complexity index is 1260. The number of methoxy groups -OCH3 is 1. The van der Waals surface area contributed by atoms with Crippen LogP contribution < -0.4 is 0 Å². The van der Waals surface area contributed by atoms with Gasteiger partial charge in [0.25, 0.3) is 15.9 Å². The van der Waals surface area contributed by atoms with E-state index in [1.165, 1.54) is 28.4 Å². The molecule has 0 bridgehead atoms. The molecule has 2 aromatic carbocycles. The van der Waals surface area contributed by atoms with E-state index in [0.29, 0.717) is 18.7 Å². The van der Waals surface area contributed by atoms with E-state index in [-0.39, 0.29) is 28.8 Å². The first-order valence-corrected chi connectivity index (χ1v) is 13.3. The van der Waals surface area contributed by atoms with E-state index in [0.717, 1.165) is 29.7 Å². The maximum atomic E-state index is 13.3. The van der Waals surface area contributed by atoms with Gasteiger partial charge in [0.2, 0.25) is 0 Å². The van der Waals surface area contributed by atoms with Crippen molar-refractivity contribution in [1.82, 2.24) is 9.21 Å². The van der Waals surface area contributed by atoms with Gasteiger partial charge in [-0.2, -0.15) is 4.31 Å². The molecule has 2 heterocycles. The van der Waals surface area contributed by atoms with Crippen molar-refractivity contribution in [1.29, 1.82) is 0 Å². The fourth-order valence-electron chi connectivity index (χ4n) is 3.98. The van der Waals surface area contributed by atoms with Gasteiger partial charge in [-0.3, -0.25) is 4.79 Å². The van der Waals surface area contributed by atoms with Crippen LogP contribution in [0.3, 0.4) is 0 Å². The Morgan fingerprint density at radius 2 is 1.62 bits per heavy atom. The predicted molar refractivity (Wildman–Crippen MR) is 131 cm³/mol. The number of carbonyl (C=O) groups is 2. The van der Waals surface area contributed by atoms with Crippen molar-refractivity contribution in [3.8, 4) is 0 Å². The van der Waals surface area contributed by atoms with Crippen molar-refractivity contribution in [2.75, 3.05) is 33.3 Å². The molecule has 3 aromatic rings. The van der Waals surface area contributed by atoms with Crippen LogP contribution in [0.2, 0.25) is 0 Å². The molecular weight excluding hydrogens is 472 g/mol. The van der Waals surface area contributed by atoms with E-state index in [9.17, 15) is 18.0 Å². The number of piperazine rings is 1. The second-order valence-electron chi connectivity index (χ2n) is 7.99. The van der Waals surface area contributed by atoms with Gasteiger partial charge in [0.15, 0.2) is 0 Å². The van der Waals surface area contributed by atoms with Crippen LogP contribution >= 0.6 is 11.3 Å². The normalized spacial score (nSPS) is 14.7. The number of nitrogens with zero attached hydrogens (tertiary/aromatic N) is 2. The molecule has 34 heavy (non-hydrogen) atoms. The van der Waals surface area contributed by atoms with Crippen molar-refractivity contribution >= 4 is 33.2 Å². The first kappa shape index (κ1) is 24.1. The maximum absolute atomic E-state index is 13.3. The first-order chi connectivity index (χ1) is 16.4. The van der Waals surface area contributed by atoms with Crippen molar-refractivity contribution in [2.24, 2.45) is 0 Å². The third-order valence-electron chi connectivity index (χ3n) is 5.89. The van der Waals surface area contributed by atoms with Gasteiger partial charge in [-0.1, -0.05) is 48.5 Å². The van der Waals surface area contributed by atoms with E-state index in [1.807, 2.05) is 42.5 Å². The summed E-state index contributed by atoms with van der Waals surface area (Å²) >= 11 is 0.992. The lowest BCUT2D eigenvalue weighted by atomic mass is 9.99. The summed E-state index contributed by atoms with van der Waals surface area (Å²) in [5, 5.41) is 1.48. The maximum Gasteiger partial charge on any atom is 0.338 e. The Morgan fingerprint density at radius 3 is 2.32 bits per heavy atom. The van der Waals surface area contributed by atoms with Gasteiger partial charge in [0.05, 0.1) is 12.7 Å². The van der Waals surface area contributed by atoms with E-state index < -0.39 is 16.0 Å². The first-order valence-electron chi connectivity index (χ1n) is 11.0. The zero-order valence-corrected chi connectivity index (χ0v) is 20.5. The van der Waals surface area contributed by atoms with Gasteiger partial charge in [-0.15, -0.1) is 11.3 Å². The lowest BCUT2D eigenvalue weighted by Crippen LogP contribution is -2.50. The quantitative estimate of drug-likeness (QED) is 0.466. The lowest BCUT2D eigenvalue weighted by Gasteiger charge is -2.34. The Balaban J connectivity index is 1.41. The SMILES string of the molecule is COC(=O)c1csc(S(=O)(=O)N2CCN(C(=O)c3ccccc3CCc3ccccc3)CC2)c1. The molecule has 0 spiro atoms. The summed E-state index contributed by atoms with van der Waals surface area (Å²) in [6.45, 7) is 1.01. The highest BCUT2D eigenvalue weighted by atomic mass is 32.2. The molecule has 0 N–H and O–H groups in total. The Kier molecular flexibility index (Phi) is 7.45. The second-order valence-corrected chi connectivity index (χ2v) is 11.1. The van der Waals surface area contributed by atoms with E-state index >= 15 is 0 Å². The van der Waals surface area contributed by atoms with Gasteiger partial charge in [0.1, 0.15) is 4.21 Å². The number of carbonyl (C=O) groups excluding carboxylic acids is 2. The minimum Gasteiger partial charge on any atom is -0.465 e. The number of hydrogen-bond acceptors (Lipinski definition) is 6. The average Bonchev–Trinajstić information content (AvgIpc) is 3.39. The number of rotatable bonds is 7. The summed E-state index contributed by atoms with van der Waals surface area (Å²) < 4.78 is 32.1. The summed E-state index contributed by atoms with van der Waals surface area (Å²) in [6, 6.07) is 19.1. The molecule has 0 atom stereocenters. The molecule has 1 saturated heterocycles. The highest BCUT2D eigenvalue weighted by Crippen LogP contribution is 2.26. The van der Waals surface area contributed by atoms with Crippen LogP contribution in [0.4, 0.5) is 0 Å². The molecule has 0 unspecified atom stereocenters. The van der Waals surface area contributed by atoms with E-state index in [2.05, 4.69) is 16.9 Å². The molecule has 1 fully saturated rings. The summed E-state index contributed by atoms with van der Waals surface area (Å²) in [7, 11) is -2.48. The molecule has 1 aromatic heterocycles. The van der Waals surface area contributed by atoms with Gasteiger partial charge < -0.3 is 9.64 Å². The van der Waals surface area contributed by atoms with Crippen LogP contribution in [0.25, 0.3) is 0 Å². The average molecular weight is 499 g/mol. The molecule has 0 saturated carbocycles. The van der Waals surface area contributed by atoms with Crippen LogP contribution in [0, 0.1) is 0 Å². The molecule has 0 radical (unpaired) electrons. The highest BCUT2D eigenvalue weighted by molar-refractivity contribution is 7.91. The summed E-state index contributed by atoms with van der Waals surface area (Å²) in [4.78, 5) is 26.7. The van der Waals surface area contributed by atoms with E-state index in [4.69, 9.17) is 0 Å². The molecule has 7 nitrogen and oxygen atoms in total. The summed E-state index contributed by atoms with van der Waals surface area (Å²) in [5.74, 6) is -0.649. The smallest absolute Gasteiger partial charge is 0.338 e. The number of esters is 1. The summed E-state index contributed by atoms with van der Waals surface area (Å²) in [5.41, 5.74) is 3.08. The van der Waals surface area contributed by atoms with Crippen molar-refractivity contribution < 1.29 is 22.7 Å². The molecule has 0 aliphatic carbocycles. The zero-order valence-electron chi connectivity index (χ0n) is 18.8. The lowest BCUT2D eigenvalue weighted by molar-refractivity contribution is 0.0600.